The third-order valence-corrected chi connectivity index (χ3v) is 5.93. The predicted octanol–water partition coefficient (Wildman–Crippen LogP) is 6.58. The van der Waals surface area contributed by atoms with Gasteiger partial charge in [-0.25, -0.2) is 0 Å². The maximum absolute atomic E-state index is 6.24. The van der Waals surface area contributed by atoms with Crippen LogP contribution in [0.1, 0.15) is 16.0 Å². The topological polar surface area (TPSA) is 0 Å². The van der Waals surface area contributed by atoms with Crippen molar-refractivity contribution in [2.45, 2.75) is 4.83 Å². The Hall–Kier alpha value is -0.580. The Morgan fingerprint density at radius 2 is 1.70 bits per heavy atom. The van der Waals surface area contributed by atoms with Gasteiger partial charge in [-0.1, -0.05) is 76.1 Å². The van der Waals surface area contributed by atoms with E-state index in [-0.39, 0.29) is 4.83 Å². The highest BCUT2D eigenvalue weighted by Crippen LogP contribution is 2.36. The molecule has 20 heavy (non-hydrogen) atoms. The lowest BCUT2D eigenvalue weighted by Gasteiger charge is -2.14. The molecule has 0 amide bonds. The quantitative estimate of drug-likeness (QED) is 0.301. The van der Waals surface area contributed by atoms with Crippen LogP contribution in [0.3, 0.4) is 0 Å². The van der Waals surface area contributed by atoms with Crippen molar-refractivity contribution in [1.29, 1.82) is 0 Å². The molecule has 0 saturated carbocycles. The summed E-state index contributed by atoms with van der Waals surface area (Å²) in [4.78, 5) is 0.142. The van der Waals surface area contributed by atoms with Gasteiger partial charge in [0.05, 0.1) is 9.85 Å². The van der Waals surface area contributed by atoms with Crippen LogP contribution < -0.4 is 0 Å². The van der Waals surface area contributed by atoms with Crippen molar-refractivity contribution in [2.24, 2.45) is 0 Å². The molecule has 3 aromatic rings. The number of fused-ring (bicyclic) bond motifs is 1. The Labute approximate surface area is 145 Å². The molecule has 0 aliphatic rings. The van der Waals surface area contributed by atoms with E-state index in [0.717, 1.165) is 8.59 Å². The maximum Gasteiger partial charge on any atom is 0.0651 e. The fourth-order valence-corrected chi connectivity index (χ4v) is 3.53. The minimum Gasteiger partial charge on any atom is -0.0832 e. The van der Waals surface area contributed by atoms with E-state index >= 15 is 0 Å². The van der Waals surface area contributed by atoms with Gasteiger partial charge in [0.25, 0.3) is 0 Å². The number of hydrogen-bond donors (Lipinski definition) is 0. The zero-order valence-electron chi connectivity index (χ0n) is 10.5. The van der Waals surface area contributed by atoms with Gasteiger partial charge in [-0.15, -0.1) is 0 Å². The van der Waals surface area contributed by atoms with Crippen molar-refractivity contribution in [3.05, 3.63) is 80.4 Å². The number of rotatable bonds is 2. The standard InChI is InChI=1S/C17H11BrClI/c18-17(12-8-9-16(20)15(19)10-12)14-7-3-5-11-4-1-2-6-13(11)14/h1-10,17H. The summed E-state index contributed by atoms with van der Waals surface area (Å²) >= 11 is 12.3. The summed E-state index contributed by atoms with van der Waals surface area (Å²) in [5.74, 6) is 0. The van der Waals surface area contributed by atoms with E-state index in [1.165, 1.54) is 21.9 Å². The Morgan fingerprint density at radius 1 is 0.950 bits per heavy atom. The summed E-state index contributed by atoms with van der Waals surface area (Å²) in [6, 6.07) is 21.0. The van der Waals surface area contributed by atoms with E-state index in [4.69, 9.17) is 11.6 Å². The van der Waals surface area contributed by atoms with Crippen molar-refractivity contribution in [3.8, 4) is 0 Å². The van der Waals surface area contributed by atoms with Crippen LogP contribution in [0.15, 0.2) is 60.7 Å². The van der Waals surface area contributed by atoms with Crippen molar-refractivity contribution < 1.29 is 0 Å². The van der Waals surface area contributed by atoms with Gasteiger partial charge in [0.2, 0.25) is 0 Å². The summed E-state index contributed by atoms with van der Waals surface area (Å²) in [5.41, 5.74) is 2.44. The molecule has 100 valence electrons. The molecular formula is C17H11BrClI. The Kier molecular flexibility index (Phi) is 4.34. The lowest BCUT2D eigenvalue weighted by atomic mass is 9.98. The van der Waals surface area contributed by atoms with Gasteiger partial charge in [0, 0.05) is 3.57 Å². The average Bonchev–Trinajstić information content (AvgIpc) is 2.49. The van der Waals surface area contributed by atoms with Gasteiger partial charge in [0.15, 0.2) is 0 Å². The Morgan fingerprint density at radius 3 is 2.50 bits per heavy atom. The molecule has 1 atom stereocenters. The van der Waals surface area contributed by atoms with Crippen LogP contribution in [-0.2, 0) is 0 Å². The van der Waals surface area contributed by atoms with E-state index in [9.17, 15) is 0 Å². The second-order valence-corrected chi connectivity index (χ2v) is 7.09. The molecule has 1 unspecified atom stereocenters. The van der Waals surface area contributed by atoms with Crippen LogP contribution >= 0.6 is 50.1 Å². The monoisotopic (exact) mass is 456 g/mol. The zero-order chi connectivity index (χ0) is 14.1. The summed E-state index contributed by atoms with van der Waals surface area (Å²) in [7, 11) is 0. The predicted molar refractivity (Wildman–Crippen MR) is 98.9 cm³/mol. The highest BCUT2D eigenvalue weighted by molar-refractivity contribution is 14.1. The minimum absolute atomic E-state index is 0.142. The van der Waals surface area contributed by atoms with E-state index in [1.54, 1.807) is 0 Å². The lowest BCUT2D eigenvalue weighted by Crippen LogP contribution is -1.94. The summed E-state index contributed by atoms with van der Waals surface area (Å²) in [6.45, 7) is 0. The number of halogens is 3. The number of alkyl halides is 1. The highest BCUT2D eigenvalue weighted by atomic mass is 127. The third kappa shape index (κ3) is 2.74. The van der Waals surface area contributed by atoms with Crippen LogP contribution in [0.2, 0.25) is 5.02 Å². The van der Waals surface area contributed by atoms with Crippen LogP contribution in [0.25, 0.3) is 10.8 Å². The van der Waals surface area contributed by atoms with Gasteiger partial charge >= 0.3 is 0 Å². The first-order valence-electron chi connectivity index (χ1n) is 6.23. The summed E-state index contributed by atoms with van der Waals surface area (Å²) in [5, 5.41) is 3.32. The second-order valence-electron chi connectivity index (χ2n) is 4.60. The fraction of sp³-hybridized carbons (Fsp3) is 0.0588. The zero-order valence-corrected chi connectivity index (χ0v) is 15.0. The van der Waals surface area contributed by atoms with Crippen molar-refractivity contribution in [3.63, 3.8) is 0 Å². The molecule has 3 rings (SSSR count). The van der Waals surface area contributed by atoms with Crippen LogP contribution in [0.5, 0.6) is 0 Å². The first-order chi connectivity index (χ1) is 9.66. The average molecular weight is 458 g/mol. The molecule has 0 bridgehead atoms. The molecule has 0 heterocycles. The van der Waals surface area contributed by atoms with Crippen molar-refractivity contribution in [2.75, 3.05) is 0 Å². The van der Waals surface area contributed by atoms with E-state index in [0.29, 0.717) is 0 Å². The normalized spacial score (nSPS) is 12.6. The molecule has 0 aromatic heterocycles. The second kappa shape index (κ2) is 6.04. The largest absolute Gasteiger partial charge is 0.0832 e. The SMILES string of the molecule is Clc1cc(C(Br)c2cccc3ccccc23)ccc1I. The minimum atomic E-state index is 0.142. The molecule has 0 nitrogen and oxygen atoms in total. The third-order valence-electron chi connectivity index (χ3n) is 3.33. The first kappa shape index (κ1) is 14.4. The number of benzene rings is 3. The van der Waals surface area contributed by atoms with Crippen LogP contribution in [-0.4, -0.2) is 0 Å². The Bertz CT molecular complexity index is 765. The van der Waals surface area contributed by atoms with E-state index in [1.807, 2.05) is 6.07 Å². The van der Waals surface area contributed by atoms with Gasteiger partial charge in [-0.2, -0.15) is 0 Å². The van der Waals surface area contributed by atoms with Crippen LogP contribution in [0, 0.1) is 3.57 Å². The molecule has 0 radical (unpaired) electrons. The molecule has 3 aromatic carbocycles. The lowest BCUT2D eigenvalue weighted by molar-refractivity contribution is 1.20. The molecule has 0 aliphatic carbocycles. The van der Waals surface area contributed by atoms with Gasteiger partial charge < -0.3 is 0 Å². The fourth-order valence-electron chi connectivity index (χ4n) is 2.32. The van der Waals surface area contributed by atoms with E-state index < -0.39 is 0 Å². The first-order valence-corrected chi connectivity index (χ1v) is 8.61. The molecule has 0 saturated heterocycles. The maximum atomic E-state index is 6.24. The molecular weight excluding hydrogens is 446 g/mol. The summed E-state index contributed by atoms with van der Waals surface area (Å²) < 4.78 is 1.07. The molecule has 0 N–H and O–H groups in total. The molecule has 0 fully saturated rings. The van der Waals surface area contributed by atoms with E-state index in [2.05, 4.69) is 93.1 Å². The smallest absolute Gasteiger partial charge is 0.0651 e. The van der Waals surface area contributed by atoms with Crippen molar-refractivity contribution in [1.82, 2.24) is 0 Å². The molecule has 0 spiro atoms. The molecule has 0 aliphatic heterocycles. The summed E-state index contributed by atoms with van der Waals surface area (Å²) in [6.07, 6.45) is 0. The van der Waals surface area contributed by atoms with Gasteiger partial charge in [-0.3, -0.25) is 0 Å². The molecule has 3 heteroatoms. The van der Waals surface area contributed by atoms with Crippen molar-refractivity contribution >= 4 is 60.9 Å². The highest BCUT2D eigenvalue weighted by Gasteiger charge is 2.14. The van der Waals surface area contributed by atoms with Gasteiger partial charge in [-0.05, 0) is 56.6 Å². The number of hydrogen-bond acceptors (Lipinski definition) is 0. The van der Waals surface area contributed by atoms with Gasteiger partial charge in [0.1, 0.15) is 0 Å². The Balaban J connectivity index is 2.12. The van der Waals surface area contributed by atoms with Crippen LogP contribution in [0.4, 0.5) is 0 Å².